The van der Waals surface area contributed by atoms with Crippen molar-refractivity contribution in [3.63, 3.8) is 0 Å². The second-order valence-electron chi connectivity index (χ2n) is 4.77. The third kappa shape index (κ3) is 3.18. The third-order valence-electron chi connectivity index (χ3n) is 3.21. The van der Waals surface area contributed by atoms with Gasteiger partial charge in [0.1, 0.15) is 5.69 Å². The number of nitrogens with one attached hydrogen (secondary N) is 2. The Balaban J connectivity index is 2.05. The van der Waals surface area contributed by atoms with Crippen LogP contribution in [0.2, 0.25) is 0 Å². The SMILES string of the molecule is Cc1ccc2[nH]c(C(=O)NCCOCCO)c(C)c2c1. The average molecular weight is 276 g/mol. The Bertz CT molecular complexity index is 604. The first-order valence-corrected chi connectivity index (χ1v) is 6.69. The van der Waals surface area contributed by atoms with Crippen molar-refractivity contribution in [1.82, 2.24) is 10.3 Å². The summed E-state index contributed by atoms with van der Waals surface area (Å²) >= 11 is 0. The summed E-state index contributed by atoms with van der Waals surface area (Å²) in [5.74, 6) is -0.135. The number of carbonyl (C=O) groups is 1. The predicted octanol–water partition coefficient (Wildman–Crippen LogP) is 1.52. The number of hydrogen-bond acceptors (Lipinski definition) is 3. The van der Waals surface area contributed by atoms with Crippen molar-refractivity contribution in [3.8, 4) is 0 Å². The number of aliphatic hydroxyl groups excluding tert-OH is 1. The minimum atomic E-state index is -0.135. The minimum Gasteiger partial charge on any atom is -0.394 e. The molecule has 0 saturated heterocycles. The van der Waals surface area contributed by atoms with Gasteiger partial charge >= 0.3 is 0 Å². The molecule has 0 radical (unpaired) electrons. The molecule has 0 atom stereocenters. The van der Waals surface area contributed by atoms with Crippen molar-refractivity contribution < 1.29 is 14.6 Å². The summed E-state index contributed by atoms with van der Waals surface area (Å²) in [6, 6.07) is 6.07. The summed E-state index contributed by atoms with van der Waals surface area (Å²) in [5.41, 5.74) is 3.68. The Hall–Kier alpha value is -1.85. The van der Waals surface area contributed by atoms with Crippen molar-refractivity contribution >= 4 is 16.8 Å². The summed E-state index contributed by atoms with van der Waals surface area (Å²) in [5, 5.41) is 12.4. The van der Waals surface area contributed by atoms with Crippen molar-refractivity contribution in [1.29, 1.82) is 0 Å². The normalized spacial score (nSPS) is 10.9. The van der Waals surface area contributed by atoms with Crippen LogP contribution in [-0.4, -0.2) is 42.4 Å². The number of benzene rings is 1. The maximum atomic E-state index is 12.1. The molecule has 2 rings (SSSR count). The number of aryl methyl sites for hydroxylation is 2. The van der Waals surface area contributed by atoms with Gasteiger partial charge in [0.15, 0.2) is 0 Å². The molecule has 5 heteroatoms. The second kappa shape index (κ2) is 6.54. The van der Waals surface area contributed by atoms with E-state index in [1.54, 1.807) is 0 Å². The van der Waals surface area contributed by atoms with Crippen LogP contribution in [0.3, 0.4) is 0 Å². The lowest BCUT2D eigenvalue weighted by molar-refractivity contribution is 0.0835. The minimum absolute atomic E-state index is 0.00553. The van der Waals surface area contributed by atoms with E-state index < -0.39 is 0 Å². The van der Waals surface area contributed by atoms with Gasteiger partial charge in [-0.3, -0.25) is 4.79 Å². The first kappa shape index (κ1) is 14.6. The number of fused-ring (bicyclic) bond motifs is 1. The molecule has 0 aliphatic heterocycles. The lowest BCUT2D eigenvalue weighted by Gasteiger charge is -2.05. The average Bonchev–Trinajstić information content (AvgIpc) is 2.76. The first-order chi connectivity index (χ1) is 9.63. The predicted molar refractivity (Wildman–Crippen MR) is 78.0 cm³/mol. The lowest BCUT2D eigenvalue weighted by atomic mass is 10.1. The molecule has 3 N–H and O–H groups in total. The van der Waals surface area contributed by atoms with Crippen molar-refractivity contribution in [2.45, 2.75) is 13.8 Å². The van der Waals surface area contributed by atoms with Crippen LogP contribution in [0.5, 0.6) is 0 Å². The van der Waals surface area contributed by atoms with E-state index in [1.165, 1.54) is 5.56 Å². The van der Waals surface area contributed by atoms with Crippen LogP contribution in [0.4, 0.5) is 0 Å². The topological polar surface area (TPSA) is 74.4 Å². The van der Waals surface area contributed by atoms with Gasteiger partial charge in [-0.05, 0) is 31.5 Å². The number of carbonyl (C=O) groups excluding carboxylic acids is 1. The highest BCUT2D eigenvalue weighted by atomic mass is 16.5. The van der Waals surface area contributed by atoms with Gasteiger partial charge in [-0.1, -0.05) is 11.6 Å². The third-order valence-corrected chi connectivity index (χ3v) is 3.21. The summed E-state index contributed by atoms with van der Waals surface area (Å²) < 4.78 is 5.10. The number of aliphatic hydroxyl groups is 1. The van der Waals surface area contributed by atoms with Gasteiger partial charge in [0, 0.05) is 17.4 Å². The van der Waals surface area contributed by atoms with Crippen LogP contribution in [-0.2, 0) is 4.74 Å². The van der Waals surface area contributed by atoms with Gasteiger partial charge < -0.3 is 20.1 Å². The van der Waals surface area contributed by atoms with Gasteiger partial charge in [0.2, 0.25) is 0 Å². The summed E-state index contributed by atoms with van der Waals surface area (Å²) in [7, 11) is 0. The number of H-pyrrole nitrogens is 1. The molecule has 0 unspecified atom stereocenters. The molecular formula is C15H20N2O3. The molecule has 5 nitrogen and oxygen atoms in total. The standard InChI is InChI=1S/C15H20N2O3/c1-10-3-4-13-12(9-10)11(2)14(17-13)15(19)16-5-7-20-8-6-18/h3-4,9,17-18H,5-8H2,1-2H3,(H,16,19). The van der Waals surface area contributed by atoms with Crippen LogP contribution < -0.4 is 5.32 Å². The van der Waals surface area contributed by atoms with Gasteiger partial charge in [-0.2, -0.15) is 0 Å². The second-order valence-corrected chi connectivity index (χ2v) is 4.77. The molecule has 0 aliphatic rings. The van der Waals surface area contributed by atoms with Crippen LogP contribution in [0.25, 0.3) is 10.9 Å². The van der Waals surface area contributed by atoms with Crippen molar-refractivity contribution in [2.24, 2.45) is 0 Å². The van der Waals surface area contributed by atoms with E-state index in [0.29, 0.717) is 25.5 Å². The number of aromatic nitrogens is 1. The fraction of sp³-hybridized carbons (Fsp3) is 0.400. The molecule has 0 bridgehead atoms. The Morgan fingerprint density at radius 1 is 1.35 bits per heavy atom. The molecule has 2 aromatic rings. The van der Waals surface area contributed by atoms with E-state index in [-0.39, 0.29) is 12.5 Å². The molecule has 0 saturated carbocycles. The van der Waals surface area contributed by atoms with E-state index in [2.05, 4.69) is 16.4 Å². The largest absolute Gasteiger partial charge is 0.394 e. The molecule has 1 aromatic heterocycles. The van der Waals surface area contributed by atoms with Crippen LogP contribution >= 0.6 is 0 Å². The molecule has 1 heterocycles. The van der Waals surface area contributed by atoms with Crippen LogP contribution in [0.1, 0.15) is 21.6 Å². The Morgan fingerprint density at radius 2 is 2.15 bits per heavy atom. The molecule has 20 heavy (non-hydrogen) atoms. The maximum Gasteiger partial charge on any atom is 0.268 e. The maximum absolute atomic E-state index is 12.1. The highest BCUT2D eigenvalue weighted by molar-refractivity contribution is 6.00. The van der Waals surface area contributed by atoms with E-state index in [4.69, 9.17) is 9.84 Å². The van der Waals surface area contributed by atoms with E-state index in [1.807, 2.05) is 26.0 Å². The summed E-state index contributed by atoms with van der Waals surface area (Å²) in [6.07, 6.45) is 0. The van der Waals surface area contributed by atoms with Crippen LogP contribution in [0, 0.1) is 13.8 Å². The molecule has 0 spiro atoms. The van der Waals surface area contributed by atoms with Crippen molar-refractivity contribution in [3.05, 3.63) is 35.0 Å². The molecule has 1 aromatic carbocycles. The number of rotatable bonds is 6. The molecule has 108 valence electrons. The smallest absolute Gasteiger partial charge is 0.268 e. The van der Waals surface area contributed by atoms with E-state index in [9.17, 15) is 4.79 Å². The number of amides is 1. The first-order valence-electron chi connectivity index (χ1n) is 6.69. The van der Waals surface area contributed by atoms with Crippen LogP contribution in [0.15, 0.2) is 18.2 Å². The zero-order valence-corrected chi connectivity index (χ0v) is 11.8. The highest BCUT2D eigenvalue weighted by Gasteiger charge is 2.14. The van der Waals surface area contributed by atoms with Gasteiger partial charge in [-0.25, -0.2) is 0 Å². The highest BCUT2D eigenvalue weighted by Crippen LogP contribution is 2.22. The number of hydrogen-bond donors (Lipinski definition) is 3. The Morgan fingerprint density at radius 3 is 2.90 bits per heavy atom. The summed E-state index contributed by atoms with van der Waals surface area (Å²) in [4.78, 5) is 15.3. The molecule has 0 aliphatic carbocycles. The zero-order chi connectivity index (χ0) is 14.5. The summed E-state index contributed by atoms with van der Waals surface area (Å²) in [6.45, 7) is 5.08. The van der Waals surface area contributed by atoms with Gasteiger partial charge in [-0.15, -0.1) is 0 Å². The van der Waals surface area contributed by atoms with Gasteiger partial charge in [0.05, 0.1) is 19.8 Å². The number of aromatic amines is 1. The monoisotopic (exact) mass is 276 g/mol. The molecule has 1 amide bonds. The van der Waals surface area contributed by atoms with Crippen molar-refractivity contribution in [2.75, 3.05) is 26.4 Å². The Kier molecular flexibility index (Phi) is 4.76. The fourth-order valence-corrected chi connectivity index (χ4v) is 2.16. The molecular weight excluding hydrogens is 256 g/mol. The lowest BCUT2D eigenvalue weighted by Crippen LogP contribution is -2.28. The Labute approximate surface area is 117 Å². The zero-order valence-electron chi connectivity index (χ0n) is 11.8. The fourth-order valence-electron chi connectivity index (χ4n) is 2.16. The van der Waals surface area contributed by atoms with E-state index >= 15 is 0 Å². The molecule has 0 fully saturated rings. The van der Waals surface area contributed by atoms with E-state index in [0.717, 1.165) is 16.5 Å². The van der Waals surface area contributed by atoms with Gasteiger partial charge in [0.25, 0.3) is 5.91 Å². The number of ether oxygens (including phenoxy) is 1. The quantitative estimate of drug-likeness (QED) is 0.700.